The maximum atomic E-state index is 11.5. The van der Waals surface area contributed by atoms with Gasteiger partial charge in [-0.05, 0) is 19.3 Å². The molecule has 1 N–H and O–H groups in total. The molecule has 3 rings (SSSR count). The minimum atomic E-state index is -2.84. The van der Waals surface area contributed by atoms with Crippen LogP contribution in [0, 0.1) is 0 Å². The second kappa shape index (κ2) is 7.00. The molecule has 7 nitrogen and oxygen atoms in total. The van der Waals surface area contributed by atoms with Crippen LogP contribution in [0.25, 0.3) is 0 Å². The van der Waals surface area contributed by atoms with Gasteiger partial charge in [0.1, 0.15) is 15.7 Å². The van der Waals surface area contributed by atoms with E-state index >= 15 is 0 Å². The number of nitrogens with one attached hydrogen (secondary N) is 1. The first-order valence-corrected chi connectivity index (χ1v) is 10.1. The fourth-order valence-electron chi connectivity index (χ4n) is 2.89. The molecule has 2 fully saturated rings. The second-order valence-corrected chi connectivity index (χ2v) is 8.37. The summed E-state index contributed by atoms with van der Waals surface area (Å²) < 4.78 is 28.5. The first-order chi connectivity index (χ1) is 11.1. The molecule has 2 aliphatic rings. The Morgan fingerprint density at radius 2 is 1.96 bits per heavy atom. The number of aryl methyl sites for hydroxylation is 1. The van der Waals surface area contributed by atoms with Gasteiger partial charge in [0.25, 0.3) is 0 Å². The van der Waals surface area contributed by atoms with E-state index in [0.717, 1.165) is 37.0 Å². The van der Waals surface area contributed by atoms with Crippen LogP contribution < -0.4 is 10.2 Å². The van der Waals surface area contributed by atoms with Crippen LogP contribution in [0.15, 0.2) is 6.07 Å². The molecule has 0 atom stereocenters. The smallest absolute Gasteiger partial charge is 0.227 e. The van der Waals surface area contributed by atoms with Gasteiger partial charge in [0.2, 0.25) is 5.95 Å². The van der Waals surface area contributed by atoms with Gasteiger partial charge < -0.3 is 15.0 Å². The lowest BCUT2D eigenvalue weighted by Crippen LogP contribution is -2.38. The molecule has 2 aliphatic heterocycles. The van der Waals surface area contributed by atoms with Gasteiger partial charge in [-0.2, -0.15) is 4.98 Å². The zero-order valence-electron chi connectivity index (χ0n) is 13.5. The number of sulfone groups is 1. The summed E-state index contributed by atoms with van der Waals surface area (Å²) in [4.78, 5) is 11.4. The minimum absolute atomic E-state index is 0.163. The van der Waals surface area contributed by atoms with Crippen LogP contribution in [0.1, 0.15) is 25.5 Å². The van der Waals surface area contributed by atoms with Crippen LogP contribution in [0.2, 0.25) is 0 Å². The summed E-state index contributed by atoms with van der Waals surface area (Å²) in [5.74, 6) is 2.04. The maximum absolute atomic E-state index is 11.5. The summed E-state index contributed by atoms with van der Waals surface area (Å²) in [6.07, 6.45) is 2.12. The van der Waals surface area contributed by atoms with Crippen molar-refractivity contribution in [1.29, 1.82) is 0 Å². The predicted molar refractivity (Wildman–Crippen MR) is 89.7 cm³/mol. The SMILES string of the molecule is CCc1cc(NC2CCS(=O)(=O)CC2)nc(N2CCOCC2)n1. The van der Waals surface area contributed by atoms with Crippen molar-refractivity contribution in [3.8, 4) is 0 Å². The lowest BCUT2D eigenvalue weighted by molar-refractivity contribution is 0.122. The molecular formula is C15H24N4O3S. The topological polar surface area (TPSA) is 84.4 Å². The van der Waals surface area contributed by atoms with E-state index in [1.54, 1.807) is 0 Å². The number of anilines is 2. The third-order valence-electron chi connectivity index (χ3n) is 4.33. The number of hydrogen-bond donors (Lipinski definition) is 1. The molecule has 0 spiro atoms. The number of morpholine rings is 1. The van der Waals surface area contributed by atoms with Crippen molar-refractivity contribution in [3.05, 3.63) is 11.8 Å². The largest absolute Gasteiger partial charge is 0.378 e. The molecule has 0 radical (unpaired) electrons. The molecule has 2 saturated heterocycles. The predicted octanol–water partition coefficient (Wildman–Crippen LogP) is 0.865. The highest BCUT2D eigenvalue weighted by atomic mass is 32.2. The van der Waals surface area contributed by atoms with Crippen LogP contribution in [0.5, 0.6) is 0 Å². The highest BCUT2D eigenvalue weighted by Gasteiger charge is 2.24. The summed E-state index contributed by atoms with van der Waals surface area (Å²) in [6, 6.07) is 2.13. The summed E-state index contributed by atoms with van der Waals surface area (Å²) >= 11 is 0. The van der Waals surface area contributed by atoms with E-state index in [0.29, 0.717) is 26.1 Å². The lowest BCUT2D eigenvalue weighted by atomic mass is 10.1. The normalized spacial score (nSPS) is 22.0. The Morgan fingerprint density at radius 3 is 2.61 bits per heavy atom. The Labute approximate surface area is 137 Å². The molecule has 0 amide bonds. The van der Waals surface area contributed by atoms with Gasteiger partial charge in [-0.25, -0.2) is 13.4 Å². The minimum Gasteiger partial charge on any atom is -0.378 e. The molecule has 1 aromatic heterocycles. The van der Waals surface area contributed by atoms with Gasteiger partial charge in [-0.1, -0.05) is 6.92 Å². The fourth-order valence-corrected chi connectivity index (χ4v) is 4.38. The van der Waals surface area contributed by atoms with E-state index in [1.165, 1.54) is 0 Å². The number of nitrogens with zero attached hydrogens (tertiary/aromatic N) is 3. The van der Waals surface area contributed by atoms with Gasteiger partial charge in [0.15, 0.2) is 0 Å². The van der Waals surface area contributed by atoms with Crippen LogP contribution in [-0.2, 0) is 21.0 Å². The van der Waals surface area contributed by atoms with E-state index < -0.39 is 9.84 Å². The zero-order valence-corrected chi connectivity index (χ0v) is 14.3. The van der Waals surface area contributed by atoms with E-state index in [-0.39, 0.29) is 17.5 Å². The monoisotopic (exact) mass is 340 g/mol. The molecule has 0 unspecified atom stereocenters. The molecule has 8 heteroatoms. The van der Waals surface area contributed by atoms with Crippen molar-refractivity contribution in [1.82, 2.24) is 9.97 Å². The number of ether oxygens (including phenoxy) is 1. The van der Waals surface area contributed by atoms with E-state index in [2.05, 4.69) is 27.1 Å². The summed E-state index contributed by atoms with van der Waals surface area (Å²) in [5.41, 5.74) is 0.993. The van der Waals surface area contributed by atoms with Crippen molar-refractivity contribution in [2.24, 2.45) is 0 Å². The first-order valence-electron chi connectivity index (χ1n) is 8.23. The van der Waals surface area contributed by atoms with E-state index in [9.17, 15) is 8.42 Å². The molecule has 3 heterocycles. The summed E-state index contributed by atoms with van der Waals surface area (Å²) in [6.45, 7) is 5.07. The van der Waals surface area contributed by atoms with Crippen LogP contribution >= 0.6 is 0 Å². The Balaban J connectivity index is 1.73. The van der Waals surface area contributed by atoms with Crippen LogP contribution in [0.3, 0.4) is 0 Å². The Bertz CT molecular complexity index is 630. The fraction of sp³-hybridized carbons (Fsp3) is 0.733. The lowest BCUT2D eigenvalue weighted by Gasteiger charge is -2.28. The number of rotatable bonds is 4. The van der Waals surface area contributed by atoms with Gasteiger partial charge in [-0.15, -0.1) is 0 Å². The maximum Gasteiger partial charge on any atom is 0.227 e. The zero-order chi connectivity index (χ0) is 16.3. The quantitative estimate of drug-likeness (QED) is 0.870. The molecule has 0 aromatic carbocycles. The third kappa shape index (κ3) is 4.32. The standard InChI is InChI=1S/C15H24N4O3S/c1-2-12-11-14(16-13-3-9-23(20,21)10-4-13)18-15(17-12)19-5-7-22-8-6-19/h11,13H,2-10H2,1H3,(H,16,17,18). The number of hydrogen-bond acceptors (Lipinski definition) is 7. The number of aromatic nitrogens is 2. The van der Waals surface area contributed by atoms with Gasteiger partial charge >= 0.3 is 0 Å². The molecule has 23 heavy (non-hydrogen) atoms. The van der Waals surface area contributed by atoms with Gasteiger partial charge in [-0.3, -0.25) is 0 Å². The highest BCUT2D eigenvalue weighted by Crippen LogP contribution is 2.20. The van der Waals surface area contributed by atoms with Crippen molar-refractivity contribution < 1.29 is 13.2 Å². The Hall–Kier alpha value is -1.41. The Kier molecular flexibility index (Phi) is 5.01. The average Bonchev–Trinajstić information content (AvgIpc) is 2.57. The molecule has 0 bridgehead atoms. The molecular weight excluding hydrogens is 316 g/mol. The summed E-state index contributed by atoms with van der Waals surface area (Å²) in [5, 5.41) is 3.40. The molecule has 0 aliphatic carbocycles. The van der Waals surface area contributed by atoms with Gasteiger partial charge in [0, 0.05) is 30.9 Å². The van der Waals surface area contributed by atoms with Crippen molar-refractivity contribution in [2.75, 3.05) is 48.0 Å². The van der Waals surface area contributed by atoms with E-state index in [1.807, 2.05) is 6.07 Å². The van der Waals surface area contributed by atoms with Crippen molar-refractivity contribution in [3.63, 3.8) is 0 Å². The summed E-state index contributed by atoms with van der Waals surface area (Å²) in [7, 11) is -2.84. The van der Waals surface area contributed by atoms with Crippen LogP contribution in [-0.4, -0.2) is 62.2 Å². The third-order valence-corrected chi connectivity index (χ3v) is 6.05. The average molecular weight is 340 g/mol. The molecule has 0 saturated carbocycles. The highest BCUT2D eigenvalue weighted by molar-refractivity contribution is 7.91. The molecule has 128 valence electrons. The van der Waals surface area contributed by atoms with Crippen LogP contribution in [0.4, 0.5) is 11.8 Å². The van der Waals surface area contributed by atoms with Crippen molar-refractivity contribution in [2.45, 2.75) is 32.2 Å². The van der Waals surface area contributed by atoms with E-state index in [4.69, 9.17) is 4.74 Å². The molecule has 1 aromatic rings. The van der Waals surface area contributed by atoms with Gasteiger partial charge in [0.05, 0.1) is 24.7 Å². The first kappa shape index (κ1) is 16.4. The van der Waals surface area contributed by atoms with Crippen molar-refractivity contribution >= 4 is 21.6 Å². The Morgan fingerprint density at radius 1 is 1.26 bits per heavy atom. The second-order valence-electron chi connectivity index (χ2n) is 6.07.